The highest BCUT2D eigenvalue weighted by Crippen LogP contribution is 2.20. The molecule has 3 heterocycles. The van der Waals surface area contributed by atoms with Crippen molar-refractivity contribution in [2.24, 2.45) is 0 Å². The van der Waals surface area contributed by atoms with E-state index >= 15 is 0 Å². The molecule has 0 spiro atoms. The van der Waals surface area contributed by atoms with E-state index in [0.29, 0.717) is 12.1 Å². The molecule has 22 heavy (non-hydrogen) atoms. The molecule has 2 aliphatic heterocycles. The number of anilines is 1. The molecule has 0 bridgehead atoms. The number of amides is 1. The molecule has 1 N–H and O–H groups in total. The summed E-state index contributed by atoms with van der Waals surface area (Å²) in [6, 6.07) is 3.42. The number of carbonyl (C=O) groups is 1. The Morgan fingerprint density at radius 3 is 2.73 bits per heavy atom. The fraction of sp³-hybridized carbons (Fsp3) is 0.600. The standard InChI is InChI=1S/C15H21N3O3S/c19-15(17-12-5-9-22(20,21)11-12)14-10-13(4-6-16-14)18-7-2-1-3-8-18/h4,6,10,12H,1-3,5,7-9,11H2,(H,17,19). The molecule has 0 aliphatic carbocycles. The van der Waals surface area contributed by atoms with Crippen LogP contribution in [0, 0.1) is 0 Å². The molecule has 120 valence electrons. The van der Waals surface area contributed by atoms with E-state index in [9.17, 15) is 13.2 Å². The van der Waals surface area contributed by atoms with Gasteiger partial charge >= 0.3 is 0 Å². The molecule has 1 atom stereocenters. The molecule has 2 saturated heterocycles. The van der Waals surface area contributed by atoms with Crippen LogP contribution in [-0.4, -0.2) is 49.9 Å². The Hall–Kier alpha value is -1.63. The number of rotatable bonds is 3. The molecule has 7 heteroatoms. The van der Waals surface area contributed by atoms with Crippen molar-refractivity contribution in [3.63, 3.8) is 0 Å². The summed E-state index contributed by atoms with van der Waals surface area (Å²) >= 11 is 0. The third kappa shape index (κ3) is 3.58. The number of sulfone groups is 1. The molecule has 0 saturated carbocycles. The molecule has 0 aromatic carbocycles. The van der Waals surface area contributed by atoms with Gasteiger partial charge in [0.15, 0.2) is 9.84 Å². The first-order valence-electron chi connectivity index (χ1n) is 7.76. The first kappa shape index (κ1) is 15.3. The van der Waals surface area contributed by atoms with E-state index in [1.54, 1.807) is 12.3 Å². The average molecular weight is 323 g/mol. The number of nitrogens with zero attached hydrogens (tertiary/aromatic N) is 2. The van der Waals surface area contributed by atoms with Gasteiger partial charge in [0, 0.05) is 31.0 Å². The van der Waals surface area contributed by atoms with E-state index < -0.39 is 9.84 Å². The summed E-state index contributed by atoms with van der Waals surface area (Å²) in [7, 11) is -2.99. The Kier molecular flexibility index (Phi) is 4.33. The summed E-state index contributed by atoms with van der Waals surface area (Å²) < 4.78 is 22.9. The number of carbonyl (C=O) groups excluding carboxylic acids is 1. The Morgan fingerprint density at radius 2 is 2.05 bits per heavy atom. The van der Waals surface area contributed by atoms with E-state index in [-0.39, 0.29) is 23.5 Å². The highest BCUT2D eigenvalue weighted by molar-refractivity contribution is 7.91. The lowest BCUT2D eigenvalue weighted by molar-refractivity contribution is 0.0936. The second-order valence-electron chi connectivity index (χ2n) is 6.02. The van der Waals surface area contributed by atoms with Crippen LogP contribution in [0.25, 0.3) is 0 Å². The smallest absolute Gasteiger partial charge is 0.270 e. The van der Waals surface area contributed by atoms with Crippen LogP contribution in [-0.2, 0) is 9.84 Å². The first-order valence-corrected chi connectivity index (χ1v) is 9.58. The zero-order chi connectivity index (χ0) is 15.6. The maximum atomic E-state index is 12.3. The predicted molar refractivity (Wildman–Crippen MR) is 84.8 cm³/mol. The van der Waals surface area contributed by atoms with Crippen LogP contribution in [0.2, 0.25) is 0 Å². The monoisotopic (exact) mass is 323 g/mol. The molecule has 0 radical (unpaired) electrons. The van der Waals surface area contributed by atoms with E-state index in [1.807, 2.05) is 6.07 Å². The van der Waals surface area contributed by atoms with Gasteiger partial charge in [0.2, 0.25) is 0 Å². The van der Waals surface area contributed by atoms with Gasteiger partial charge in [0.05, 0.1) is 11.5 Å². The van der Waals surface area contributed by atoms with Crippen molar-refractivity contribution in [2.75, 3.05) is 29.5 Å². The third-order valence-corrected chi connectivity index (χ3v) is 6.03. The Labute approximate surface area is 130 Å². The van der Waals surface area contributed by atoms with Crippen molar-refractivity contribution < 1.29 is 13.2 Å². The van der Waals surface area contributed by atoms with Crippen LogP contribution in [0.15, 0.2) is 18.3 Å². The minimum Gasteiger partial charge on any atom is -0.371 e. The maximum absolute atomic E-state index is 12.3. The molecular weight excluding hydrogens is 302 g/mol. The molecule has 6 nitrogen and oxygen atoms in total. The van der Waals surface area contributed by atoms with E-state index in [0.717, 1.165) is 18.8 Å². The summed E-state index contributed by atoms with van der Waals surface area (Å²) in [6.07, 6.45) is 5.72. The van der Waals surface area contributed by atoms with Crippen LogP contribution in [0.4, 0.5) is 5.69 Å². The summed E-state index contributed by atoms with van der Waals surface area (Å²) in [5, 5.41) is 2.78. The Bertz CT molecular complexity index is 654. The second-order valence-corrected chi connectivity index (χ2v) is 8.25. The molecule has 1 unspecified atom stereocenters. The molecule has 2 fully saturated rings. The van der Waals surface area contributed by atoms with Crippen molar-refractivity contribution in [2.45, 2.75) is 31.7 Å². The van der Waals surface area contributed by atoms with E-state index in [2.05, 4.69) is 15.2 Å². The third-order valence-electron chi connectivity index (χ3n) is 4.27. The van der Waals surface area contributed by atoms with Gasteiger partial charge in [-0.2, -0.15) is 0 Å². The van der Waals surface area contributed by atoms with Crippen LogP contribution >= 0.6 is 0 Å². The molecular formula is C15H21N3O3S. The van der Waals surface area contributed by atoms with Crippen molar-refractivity contribution >= 4 is 21.4 Å². The number of nitrogens with one attached hydrogen (secondary N) is 1. The number of hydrogen-bond acceptors (Lipinski definition) is 5. The van der Waals surface area contributed by atoms with Crippen LogP contribution in [0.1, 0.15) is 36.2 Å². The van der Waals surface area contributed by atoms with E-state index in [4.69, 9.17) is 0 Å². The fourth-order valence-corrected chi connectivity index (χ4v) is 4.73. The average Bonchev–Trinajstić information content (AvgIpc) is 2.87. The minimum atomic E-state index is -2.99. The number of piperidine rings is 1. The fourth-order valence-electron chi connectivity index (χ4n) is 3.06. The van der Waals surface area contributed by atoms with Gasteiger partial charge in [-0.25, -0.2) is 8.42 Å². The van der Waals surface area contributed by atoms with Gasteiger partial charge in [-0.15, -0.1) is 0 Å². The lowest BCUT2D eigenvalue weighted by atomic mass is 10.1. The Balaban J connectivity index is 1.67. The van der Waals surface area contributed by atoms with E-state index in [1.165, 1.54) is 19.3 Å². The zero-order valence-corrected chi connectivity index (χ0v) is 13.3. The number of pyridine rings is 1. The molecule has 1 aromatic rings. The highest BCUT2D eigenvalue weighted by atomic mass is 32.2. The highest BCUT2D eigenvalue weighted by Gasteiger charge is 2.29. The summed E-state index contributed by atoms with van der Waals surface area (Å²) in [4.78, 5) is 18.7. The lowest BCUT2D eigenvalue weighted by Gasteiger charge is -2.28. The summed E-state index contributed by atoms with van der Waals surface area (Å²) in [6.45, 7) is 2.01. The zero-order valence-electron chi connectivity index (χ0n) is 12.5. The van der Waals surface area contributed by atoms with Crippen LogP contribution in [0.5, 0.6) is 0 Å². The topological polar surface area (TPSA) is 79.4 Å². The van der Waals surface area contributed by atoms with Gasteiger partial charge in [-0.05, 0) is 37.8 Å². The SMILES string of the molecule is O=C(NC1CCS(=O)(=O)C1)c1cc(N2CCCCC2)ccn1. The molecule has 3 rings (SSSR count). The van der Waals surface area contributed by atoms with Gasteiger partial charge < -0.3 is 10.2 Å². The van der Waals surface area contributed by atoms with Crippen LogP contribution < -0.4 is 10.2 Å². The predicted octanol–water partition coefficient (Wildman–Crippen LogP) is 0.989. The lowest BCUT2D eigenvalue weighted by Crippen LogP contribution is -2.36. The quantitative estimate of drug-likeness (QED) is 0.897. The van der Waals surface area contributed by atoms with Crippen molar-refractivity contribution in [1.29, 1.82) is 0 Å². The van der Waals surface area contributed by atoms with Gasteiger partial charge in [-0.3, -0.25) is 9.78 Å². The summed E-state index contributed by atoms with van der Waals surface area (Å²) in [5.41, 5.74) is 1.37. The number of aromatic nitrogens is 1. The summed E-state index contributed by atoms with van der Waals surface area (Å²) in [5.74, 6) is -0.107. The van der Waals surface area contributed by atoms with Crippen molar-refractivity contribution in [3.05, 3.63) is 24.0 Å². The van der Waals surface area contributed by atoms with Gasteiger partial charge in [-0.1, -0.05) is 0 Å². The van der Waals surface area contributed by atoms with Gasteiger partial charge in [0.25, 0.3) is 5.91 Å². The van der Waals surface area contributed by atoms with Crippen molar-refractivity contribution in [3.8, 4) is 0 Å². The van der Waals surface area contributed by atoms with Crippen LogP contribution in [0.3, 0.4) is 0 Å². The molecule has 1 amide bonds. The minimum absolute atomic E-state index is 0.0323. The number of hydrogen-bond donors (Lipinski definition) is 1. The maximum Gasteiger partial charge on any atom is 0.270 e. The molecule has 2 aliphatic rings. The molecule has 1 aromatic heterocycles. The normalized spacial score (nSPS) is 24.2. The van der Waals surface area contributed by atoms with Crippen molar-refractivity contribution in [1.82, 2.24) is 10.3 Å². The first-order chi connectivity index (χ1) is 10.5. The largest absolute Gasteiger partial charge is 0.371 e. The Morgan fingerprint density at radius 1 is 1.27 bits per heavy atom. The second kappa shape index (κ2) is 6.24. The van der Waals surface area contributed by atoms with Gasteiger partial charge in [0.1, 0.15) is 5.69 Å².